The molecular weight excluding hydrogens is 292 g/mol. The number of hydrogen-bond donors (Lipinski definition) is 0. The van der Waals surface area contributed by atoms with Crippen LogP contribution in [0.5, 0.6) is 0 Å². The summed E-state index contributed by atoms with van der Waals surface area (Å²) in [6.45, 7) is 12.8. The van der Waals surface area contributed by atoms with E-state index < -0.39 is 0 Å². The second kappa shape index (κ2) is 7.01. The van der Waals surface area contributed by atoms with Gasteiger partial charge in [-0.1, -0.05) is 12.1 Å². The van der Waals surface area contributed by atoms with Crippen molar-refractivity contribution in [3.8, 4) is 0 Å². The average Bonchev–Trinajstić information content (AvgIpc) is 2.96. The summed E-state index contributed by atoms with van der Waals surface area (Å²) in [4.78, 5) is 18.6. The molecule has 0 N–H and O–H groups in total. The lowest BCUT2D eigenvalue weighted by Crippen LogP contribution is -2.42. The molecule has 2 aliphatic rings. The van der Waals surface area contributed by atoms with E-state index in [1.54, 1.807) is 6.92 Å². The molecule has 2 atom stereocenters. The molecule has 2 fully saturated rings. The summed E-state index contributed by atoms with van der Waals surface area (Å²) in [5.74, 6) is 1.80. The third kappa shape index (κ3) is 3.93. The molecular formula is C17H28N4O2. The van der Waals surface area contributed by atoms with Crippen molar-refractivity contribution in [2.45, 2.75) is 39.8 Å². The van der Waals surface area contributed by atoms with Crippen LogP contribution in [-0.2, 0) is 11.3 Å². The van der Waals surface area contributed by atoms with Crippen molar-refractivity contribution in [3.63, 3.8) is 0 Å². The molecule has 128 valence electrons. The van der Waals surface area contributed by atoms with Crippen LogP contribution in [0.25, 0.3) is 0 Å². The number of aromatic nitrogens is 1. The van der Waals surface area contributed by atoms with E-state index in [-0.39, 0.29) is 5.91 Å². The number of carbonyl (C=O) groups is 1. The van der Waals surface area contributed by atoms with E-state index in [1.165, 1.54) is 0 Å². The third-order valence-electron chi connectivity index (χ3n) is 5.15. The molecule has 1 aromatic heterocycles. The molecule has 3 heterocycles. The van der Waals surface area contributed by atoms with Gasteiger partial charge in [-0.15, -0.1) is 0 Å². The molecule has 2 aliphatic heterocycles. The van der Waals surface area contributed by atoms with Crippen LogP contribution in [0.4, 0.5) is 0 Å². The molecule has 0 radical (unpaired) electrons. The Morgan fingerprint density at radius 1 is 1.30 bits per heavy atom. The first-order valence-electron chi connectivity index (χ1n) is 8.67. The van der Waals surface area contributed by atoms with Crippen molar-refractivity contribution in [2.24, 2.45) is 5.92 Å². The van der Waals surface area contributed by atoms with Crippen molar-refractivity contribution >= 4 is 5.91 Å². The quantitative estimate of drug-likeness (QED) is 0.842. The van der Waals surface area contributed by atoms with Crippen LogP contribution in [0.15, 0.2) is 10.6 Å². The summed E-state index contributed by atoms with van der Waals surface area (Å²) in [5, 5.41) is 3.97. The van der Waals surface area contributed by atoms with E-state index >= 15 is 0 Å². The summed E-state index contributed by atoms with van der Waals surface area (Å²) in [6, 6.07) is 2.60. The van der Waals surface area contributed by atoms with Crippen LogP contribution >= 0.6 is 0 Å². The topological polar surface area (TPSA) is 52.8 Å². The minimum absolute atomic E-state index is 0.202. The standard InChI is InChI=1S/C17H28N4O2/c1-13-10-19(11-16-9-14(2)18-23-16)12-17(13)21-6-4-5-20(7-8-21)15(3)22/h9,13,17H,4-8,10-12H2,1-3H3/t13-,17+/m1/s1. The maximum absolute atomic E-state index is 11.6. The first-order valence-corrected chi connectivity index (χ1v) is 8.67. The van der Waals surface area contributed by atoms with Gasteiger partial charge < -0.3 is 9.42 Å². The molecule has 0 spiro atoms. The largest absolute Gasteiger partial charge is 0.360 e. The lowest BCUT2D eigenvalue weighted by Gasteiger charge is -2.30. The molecule has 1 aromatic rings. The van der Waals surface area contributed by atoms with Gasteiger partial charge in [-0.05, 0) is 19.3 Å². The summed E-state index contributed by atoms with van der Waals surface area (Å²) < 4.78 is 5.35. The average molecular weight is 320 g/mol. The Hall–Kier alpha value is -1.40. The summed E-state index contributed by atoms with van der Waals surface area (Å²) in [7, 11) is 0. The summed E-state index contributed by atoms with van der Waals surface area (Å²) in [5.41, 5.74) is 0.945. The Labute approximate surface area is 138 Å². The molecule has 0 bridgehead atoms. The van der Waals surface area contributed by atoms with Gasteiger partial charge in [-0.3, -0.25) is 14.6 Å². The van der Waals surface area contributed by atoms with Gasteiger partial charge in [-0.2, -0.15) is 0 Å². The molecule has 0 aromatic carbocycles. The zero-order valence-electron chi connectivity index (χ0n) is 14.5. The Morgan fingerprint density at radius 2 is 2.13 bits per heavy atom. The molecule has 6 heteroatoms. The van der Waals surface area contributed by atoms with Crippen molar-refractivity contribution in [1.82, 2.24) is 19.9 Å². The van der Waals surface area contributed by atoms with E-state index in [4.69, 9.17) is 4.52 Å². The highest BCUT2D eigenvalue weighted by Crippen LogP contribution is 2.24. The molecule has 2 saturated heterocycles. The Morgan fingerprint density at radius 3 is 2.83 bits per heavy atom. The normalized spacial score (nSPS) is 27.3. The van der Waals surface area contributed by atoms with E-state index in [9.17, 15) is 4.79 Å². The van der Waals surface area contributed by atoms with Crippen LogP contribution in [-0.4, -0.2) is 71.1 Å². The summed E-state index contributed by atoms with van der Waals surface area (Å²) >= 11 is 0. The smallest absolute Gasteiger partial charge is 0.219 e. The monoisotopic (exact) mass is 320 g/mol. The maximum atomic E-state index is 11.6. The fraction of sp³-hybridized carbons (Fsp3) is 0.765. The highest BCUT2D eigenvalue weighted by molar-refractivity contribution is 5.73. The predicted molar refractivity (Wildman–Crippen MR) is 87.9 cm³/mol. The lowest BCUT2D eigenvalue weighted by atomic mass is 10.0. The van der Waals surface area contributed by atoms with Crippen LogP contribution in [0.2, 0.25) is 0 Å². The number of carbonyl (C=O) groups excluding carboxylic acids is 1. The Bertz CT molecular complexity index is 544. The van der Waals surface area contributed by atoms with Gasteiger partial charge >= 0.3 is 0 Å². The van der Waals surface area contributed by atoms with Gasteiger partial charge in [0, 0.05) is 58.3 Å². The zero-order chi connectivity index (χ0) is 16.4. The Kier molecular flexibility index (Phi) is 5.02. The lowest BCUT2D eigenvalue weighted by molar-refractivity contribution is -0.128. The number of amides is 1. The molecule has 23 heavy (non-hydrogen) atoms. The maximum Gasteiger partial charge on any atom is 0.219 e. The molecule has 0 saturated carbocycles. The minimum atomic E-state index is 0.202. The Balaban J connectivity index is 1.57. The third-order valence-corrected chi connectivity index (χ3v) is 5.15. The zero-order valence-corrected chi connectivity index (χ0v) is 14.5. The fourth-order valence-corrected chi connectivity index (χ4v) is 3.95. The van der Waals surface area contributed by atoms with Gasteiger partial charge in [0.2, 0.25) is 5.91 Å². The number of rotatable bonds is 3. The van der Waals surface area contributed by atoms with Gasteiger partial charge in [0.25, 0.3) is 0 Å². The van der Waals surface area contributed by atoms with Gasteiger partial charge in [0.15, 0.2) is 5.76 Å². The van der Waals surface area contributed by atoms with Gasteiger partial charge in [0.05, 0.1) is 12.2 Å². The number of hydrogen-bond acceptors (Lipinski definition) is 5. The van der Waals surface area contributed by atoms with Crippen molar-refractivity contribution in [2.75, 3.05) is 39.3 Å². The van der Waals surface area contributed by atoms with Crippen LogP contribution in [0, 0.1) is 12.8 Å². The SMILES string of the molecule is CC(=O)N1CCCN([C@H]2CN(Cc3cc(C)no3)C[C@H]2C)CC1. The van der Waals surface area contributed by atoms with E-state index in [2.05, 4.69) is 21.9 Å². The molecule has 0 unspecified atom stereocenters. The van der Waals surface area contributed by atoms with Crippen LogP contribution in [0.3, 0.4) is 0 Å². The molecule has 6 nitrogen and oxygen atoms in total. The number of likely N-dealkylation sites (tertiary alicyclic amines) is 1. The van der Waals surface area contributed by atoms with E-state index in [1.807, 2.05) is 17.9 Å². The molecule has 1 amide bonds. The summed E-state index contributed by atoms with van der Waals surface area (Å²) in [6.07, 6.45) is 1.07. The highest BCUT2D eigenvalue weighted by atomic mass is 16.5. The second-order valence-corrected chi connectivity index (χ2v) is 7.07. The molecule has 0 aliphatic carbocycles. The van der Waals surface area contributed by atoms with Crippen molar-refractivity contribution in [3.05, 3.63) is 17.5 Å². The van der Waals surface area contributed by atoms with Crippen molar-refractivity contribution in [1.29, 1.82) is 0 Å². The van der Waals surface area contributed by atoms with Crippen LogP contribution < -0.4 is 0 Å². The van der Waals surface area contributed by atoms with Crippen molar-refractivity contribution < 1.29 is 9.32 Å². The van der Waals surface area contributed by atoms with Crippen LogP contribution in [0.1, 0.15) is 31.7 Å². The minimum Gasteiger partial charge on any atom is -0.360 e. The number of nitrogens with zero attached hydrogens (tertiary/aromatic N) is 4. The van der Waals surface area contributed by atoms with E-state index in [0.29, 0.717) is 12.0 Å². The predicted octanol–water partition coefficient (Wildman–Crippen LogP) is 1.36. The number of aryl methyl sites for hydroxylation is 1. The first-order chi connectivity index (χ1) is 11.0. The van der Waals surface area contributed by atoms with E-state index in [0.717, 1.165) is 63.7 Å². The first kappa shape index (κ1) is 16.5. The van der Waals surface area contributed by atoms with Gasteiger partial charge in [0.1, 0.15) is 0 Å². The second-order valence-electron chi connectivity index (χ2n) is 7.07. The highest BCUT2D eigenvalue weighted by Gasteiger charge is 2.35. The fourth-order valence-electron chi connectivity index (χ4n) is 3.95. The molecule has 3 rings (SSSR count). The van der Waals surface area contributed by atoms with Gasteiger partial charge in [-0.25, -0.2) is 0 Å².